The number of imidazole rings is 1. The molecule has 0 spiro atoms. The highest BCUT2D eigenvalue weighted by molar-refractivity contribution is 6.31. The third-order valence-corrected chi connectivity index (χ3v) is 6.35. The molecule has 6 heteroatoms. The van der Waals surface area contributed by atoms with Crippen LogP contribution in [0.5, 0.6) is 0 Å². The second-order valence-corrected chi connectivity index (χ2v) is 8.73. The zero-order valence-electron chi connectivity index (χ0n) is 18.9. The van der Waals surface area contributed by atoms with E-state index >= 15 is 0 Å². The minimum atomic E-state index is -0.456. The Morgan fingerprint density at radius 3 is 2.31 bits per heavy atom. The zero-order valence-corrected chi connectivity index (χ0v) is 19.6. The number of halogens is 2. The summed E-state index contributed by atoms with van der Waals surface area (Å²) in [5.74, 6) is 0.0573. The van der Waals surface area contributed by atoms with Gasteiger partial charge < -0.3 is 9.88 Å². The van der Waals surface area contributed by atoms with Gasteiger partial charge in [0.25, 0.3) is 5.91 Å². The number of hydrogen-bond donors (Lipinski definition) is 1. The van der Waals surface area contributed by atoms with E-state index in [4.69, 9.17) is 16.6 Å². The fourth-order valence-electron chi connectivity index (χ4n) is 4.26. The fourth-order valence-corrected chi connectivity index (χ4v) is 4.48. The number of hydrogen-bond acceptors (Lipinski definition) is 2. The molecule has 0 aliphatic rings. The van der Waals surface area contributed by atoms with Crippen LogP contribution in [0.2, 0.25) is 5.02 Å². The van der Waals surface area contributed by atoms with Crippen molar-refractivity contribution in [1.82, 2.24) is 14.9 Å². The molecule has 1 heterocycles. The minimum Gasteiger partial charge on any atom is -0.342 e. The molecule has 0 fully saturated rings. The van der Waals surface area contributed by atoms with Gasteiger partial charge in [-0.3, -0.25) is 4.79 Å². The third-order valence-electron chi connectivity index (χ3n) is 6.00. The fraction of sp³-hybridized carbons (Fsp3) is 0.103. The molecule has 1 amide bonds. The molecule has 1 atom stereocenters. The summed E-state index contributed by atoms with van der Waals surface area (Å²) >= 11 is 6.38. The predicted octanol–water partition coefficient (Wildman–Crippen LogP) is 6.59. The molecule has 0 radical (unpaired) electrons. The molecule has 1 aromatic heterocycles. The highest BCUT2D eigenvalue weighted by Crippen LogP contribution is 2.28. The molecule has 0 bridgehead atoms. The lowest BCUT2D eigenvalue weighted by Crippen LogP contribution is -2.32. The molecule has 5 rings (SSSR count). The Bertz CT molecular complexity index is 1450. The monoisotopic (exact) mass is 483 g/mol. The summed E-state index contributed by atoms with van der Waals surface area (Å²) in [7, 11) is 0. The van der Waals surface area contributed by atoms with Crippen molar-refractivity contribution in [3.8, 4) is 0 Å². The van der Waals surface area contributed by atoms with Crippen molar-refractivity contribution in [3.63, 3.8) is 0 Å². The number of fused-ring (bicyclic) bond motifs is 1. The third kappa shape index (κ3) is 4.96. The SMILES string of the molecule is O=C(N[C@@H](Cc1ccccc1)c1nc2ccccc2n1Cc1c(F)cccc1Cl)c1ccccc1. The predicted molar refractivity (Wildman–Crippen MR) is 137 cm³/mol. The Kier molecular flexibility index (Phi) is 6.59. The van der Waals surface area contributed by atoms with Gasteiger partial charge in [0.15, 0.2) is 0 Å². The average Bonchev–Trinajstić information content (AvgIpc) is 3.25. The van der Waals surface area contributed by atoms with Gasteiger partial charge in [-0.05, 0) is 48.4 Å². The number of amides is 1. The Labute approximate surface area is 208 Å². The average molecular weight is 484 g/mol. The van der Waals surface area contributed by atoms with E-state index < -0.39 is 6.04 Å². The molecule has 0 aliphatic heterocycles. The van der Waals surface area contributed by atoms with Crippen LogP contribution in [0.4, 0.5) is 4.39 Å². The lowest BCUT2D eigenvalue weighted by molar-refractivity contribution is 0.0934. The largest absolute Gasteiger partial charge is 0.342 e. The van der Waals surface area contributed by atoms with Gasteiger partial charge in [-0.2, -0.15) is 0 Å². The lowest BCUT2D eigenvalue weighted by atomic mass is 10.0. The van der Waals surface area contributed by atoms with Gasteiger partial charge in [0.1, 0.15) is 11.6 Å². The van der Waals surface area contributed by atoms with Crippen LogP contribution >= 0.6 is 11.6 Å². The quantitative estimate of drug-likeness (QED) is 0.284. The molecule has 0 saturated heterocycles. The van der Waals surface area contributed by atoms with Gasteiger partial charge in [0, 0.05) is 16.1 Å². The molecular formula is C29H23ClFN3O. The van der Waals surface area contributed by atoms with Crippen molar-refractivity contribution < 1.29 is 9.18 Å². The van der Waals surface area contributed by atoms with E-state index in [0.717, 1.165) is 16.6 Å². The molecule has 174 valence electrons. The summed E-state index contributed by atoms with van der Waals surface area (Å²) in [5.41, 5.74) is 3.60. The first-order chi connectivity index (χ1) is 17.1. The minimum absolute atomic E-state index is 0.188. The maximum atomic E-state index is 14.8. The summed E-state index contributed by atoms with van der Waals surface area (Å²) in [6.45, 7) is 0.188. The Balaban J connectivity index is 1.61. The van der Waals surface area contributed by atoms with Gasteiger partial charge in [0.2, 0.25) is 0 Å². The highest BCUT2D eigenvalue weighted by Gasteiger charge is 2.24. The number of carbonyl (C=O) groups excluding carboxylic acids is 1. The van der Waals surface area contributed by atoms with Crippen LogP contribution in [0.1, 0.15) is 33.4 Å². The number of carbonyl (C=O) groups is 1. The second-order valence-electron chi connectivity index (χ2n) is 8.33. The van der Waals surface area contributed by atoms with E-state index in [-0.39, 0.29) is 18.3 Å². The smallest absolute Gasteiger partial charge is 0.251 e. The van der Waals surface area contributed by atoms with Gasteiger partial charge in [-0.1, -0.05) is 78.3 Å². The molecule has 0 saturated carbocycles. The summed E-state index contributed by atoms with van der Waals surface area (Å²) in [6, 6.07) is 30.9. The Morgan fingerprint density at radius 1 is 0.886 bits per heavy atom. The maximum Gasteiger partial charge on any atom is 0.251 e. The zero-order chi connectivity index (χ0) is 24.2. The second kappa shape index (κ2) is 10.1. The molecule has 4 nitrogen and oxygen atoms in total. The number of nitrogens with zero attached hydrogens (tertiary/aromatic N) is 2. The Morgan fingerprint density at radius 2 is 1.57 bits per heavy atom. The van der Waals surface area contributed by atoms with Gasteiger partial charge >= 0.3 is 0 Å². The van der Waals surface area contributed by atoms with Crippen molar-refractivity contribution in [1.29, 1.82) is 0 Å². The number of aromatic nitrogens is 2. The van der Waals surface area contributed by atoms with E-state index in [9.17, 15) is 9.18 Å². The number of benzene rings is 4. The maximum absolute atomic E-state index is 14.8. The molecular weight excluding hydrogens is 461 g/mol. The van der Waals surface area contributed by atoms with Gasteiger partial charge in [-0.25, -0.2) is 9.37 Å². The van der Waals surface area contributed by atoms with E-state index in [1.165, 1.54) is 6.07 Å². The van der Waals surface area contributed by atoms with Crippen LogP contribution in [-0.4, -0.2) is 15.5 Å². The summed E-state index contributed by atoms with van der Waals surface area (Å²) < 4.78 is 16.7. The highest BCUT2D eigenvalue weighted by atomic mass is 35.5. The van der Waals surface area contributed by atoms with Crippen molar-refractivity contribution >= 4 is 28.5 Å². The first-order valence-corrected chi connectivity index (χ1v) is 11.8. The van der Waals surface area contributed by atoms with Crippen LogP contribution in [0, 0.1) is 5.82 Å². The van der Waals surface area contributed by atoms with E-state index in [0.29, 0.717) is 28.4 Å². The van der Waals surface area contributed by atoms with Crippen molar-refractivity contribution in [2.75, 3.05) is 0 Å². The van der Waals surface area contributed by atoms with Crippen LogP contribution in [0.25, 0.3) is 11.0 Å². The molecule has 35 heavy (non-hydrogen) atoms. The number of nitrogens with one attached hydrogen (secondary N) is 1. The van der Waals surface area contributed by atoms with Crippen molar-refractivity contribution in [3.05, 3.63) is 136 Å². The lowest BCUT2D eigenvalue weighted by Gasteiger charge is -2.21. The van der Waals surface area contributed by atoms with Crippen LogP contribution in [-0.2, 0) is 13.0 Å². The summed E-state index contributed by atoms with van der Waals surface area (Å²) in [6.07, 6.45) is 0.522. The molecule has 5 aromatic rings. The number of para-hydroxylation sites is 2. The normalized spacial score (nSPS) is 11.9. The van der Waals surface area contributed by atoms with Gasteiger partial charge in [-0.15, -0.1) is 0 Å². The van der Waals surface area contributed by atoms with E-state index in [1.807, 2.05) is 77.4 Å². The van der Waals surface area contributed by atoms with Crippen molar-refractivity contribution in [2.24, 2.45) is 0 Å². The van der Waals surface area contributed by atoms with Crippen molar-refractivity contribution in [2.45, 2.75) is 19.0 Å². The molecule has 0 aliphatic carbocycles. The molecule has 1 N–H and O–H groups in total. The molecule has 0 unspecified atom stereocenters. The van der Waals surface area contributed by atoms with E-state index in [2.05, 4.69) is 5.32 Å². The molecule has 4 aromatic carbocycles. The number of rotatable bonds is 7. The van der Waals surface area contributed by atoms with E-state index in [1.54, 1.807) is 24.3 Å². The summed E-state index contributed by atoms with van der Waals surface area (Å²) in [4.78, 5) is 18.1. The van der Waals surface area contributed by atoms with Crippen LogP contribution < -0.4 is 5.32 Å². The first kappa shape index (κ1) is 22.8. The summed E-state index contributed by atoms with van der Waals surface area (Å²) in [5, 5.41) is 3.51. The Hall–Kier alpha value is -3.96. The first-order valence-electron chi connectivity index (χ1n) is 11.4. The van der Waals surface area contributed by atoms with Crippen LogP contribution in [0.15, 0.2) is 103 Å². The topological polar surface area (TPSA) is 46.9 Å². The standard InChI is InChI=1S/C29H23ClFN3O/c30-23-14-9-15-24(31)22(23)19-34-27-17-8-7-16-25(27)32-28(34)26(18-20-10-3-1-4-11-20)33-29(35)21-12-5-2-6-13-21/h1-17,26H,18-19H2,(H,33,35)/t26-/m0/s1. The van der Waals surface area contributed by atoms with Gasteiger partial charge in [0.05, 0.1) is 23.6 Å². The van der Waals surface area contributed by atoms with Crippen LogP contribution in [0.3, 0.4) is 0 Å².